The Morgan fingerprint density at radius 3 is 3.00 bits per heavy atom. The van der Waals surface area contributed by atoms with Crippen LogP contribution in [0.5, 0.6) is 0 Å². The van der Waals surface area contributed by atoms with Gasteiger partial charge in [0.15, 0.2) is 4.77 Å². The molecule has 2 aromatic heterocycles. The zero-order valence-corrected chi connectivity index (χ0v) is 11.3. The predicted molar refractivity (Wildman–Crippen MR) is 74.4 cm³/mol. The fourth-order valence-electron chi connectivity index (χ4n) is 1.98. The maximum Gasteiger partial charge on any atom is 0.178 e. The van der Waals surface area contributed by atoms with Gasteiger partial charge in [-0.15, -0.1) is 0 Å². The summed E-state index contributed by atoms with van der Waals surface area (Å²) in [6.07, 6.45) is 3.70. The van der Waals surface area contributed by atoms with Crippen molar-refractivity contribution >= 4 is 34.9 Å². The molecule has 0 amide bonds. The molecule has 1 aromatic carbocycles. The number of H-pyrrole nitrogens is 1. The largest absolute Gasteiger partial charge is 0.337 e. The van der Waals surface area contributed by atoms with Gasteiger partial charge in [0.25, 0.3) is 0 Å². The fraction of sp³-hybridized carbons (Fsp3) is 0.167. The van der Waals surface area contributed by atoms with Crippen molar-refractivity contribution in [2.24, 2.45) is 7.05 Å². The van der Waals surface area contributed by atoms with Crippen molar-refractivity contribution in [2.45, 2.75) is 6.54 Å². The first-order valence-electron chi connectivity index (χ1n) is 5.49. The van der Waals surface area contributed by atoms with Crippen molar-refractivity contribution in [1.29, 1.82) is 0 Å². The topological polar surface area (TPSA) is 38.5 Å². The molecule has 0 aliphatic carbocycles. The number of aromatic nitrogens is 4. The van der Waals surface area contributed by atoms with E-state index >= 15 is 0 Å². The van der Waals surface area contributed by atoms with Gasteiger partial charge in [0.1, 0.15) is 5.82 Å². The van der Waals surface area contributed by atoms with Crippen LogP contribution in [0, 0.1) is 4.77 Å². The Kier molecular flexibility index (Phi) is 2.72. The van der Waals surface area contributed by atoms with Gasteiger partial charge in [0, 0.05) is 24.5 Å². The molecule has 6 heteroatoms. The van der Waals surface area contributed by atoms with Crippen molar-refractivity contribution in [3.05, 3.63) is 46.2 Å². The Hall–Kier alpha value is -1.59. The van der Waals surface area contributed by atoms with Crippen LogP contribution in [0.1, 0.15) is 5.82 Å². The fourth-order valence-corrected chi connectivity index (χ4v) is 2.43. The van der Waals surface area contributed by atoms with E-state index in [9.17, 15) is 0 Å². The molecule has 18 heavy (non-hydrogen) atoms. The second-order valence-electron chi connectivity index (χ2n) is 4.13. The van der Waals surface area contributed by atoms with Crippen LogP contribution in [0.15, 0.2) is 30.6 Å². The van der Waals surface area contributed by atoms with Gasteiger partial charge < -0.3 is 14.1 Å². The highest BCUT2D eigenvalue weighted by Gasteiger charge is 2.07. The monoisotopic (exact) mass is 278 g/mol. The molecule has 3 aromatic rings. The van der Waals surface area contributed by atoms with E-state index in [4.69, 9.17) is 23.8 Å². The van der Waals surface area contributed by atoms with Crippen LogP contribution in [0.4, 0.5) is 0 Å². The average molecular weight is 279 g/mol. The van der Waals surface area contributed by atoms with E-state index in [1.807, 2.05) is 40.6 Å². The highest BCUT2D eigenvalue weighted by atomic mass is 35.5. The zero-order valence-electron chi connectivity index (χ0n) is 9.72. The molecule has 3 rings (SSSR count). The number of benzene rings is 1. The summed E-state index contributed by atoms with van der Waals surface area (Å²) >= 11 is 11.3. The van der Waals surface area contributed by atoms with Gasteiger partial charge in [-0.05, 0) is 30.4 Å². The van der Waals surface area contributed by atoms with Gasteiger partial charge in [0.2, 0.25) is 0 Å². The van der Waals surface area contributed by atoms with Crippen molar-refractivity contribution in [1.82, 2.24) is 19.1 Å². The summed E-state index contributed by atoms with van der Waals surface area (Å²) in [6, 6.07) is 5.70. The molecule has 0 bridgehead atoms. The number of nitrogens with one attached hydrogen (secondary N) is 1. The normalized spacial score (nSPS) is 11.2. The molecule has 1 N–H and O–H groups in total. The van der Waals surface area contributed by atoms with Gasteiger partial charge in [-0.3, -0.25) is 0 Å². The molecule has 0 aliphatic heterocycles. The average Bonchev–Trinajstić information content (AvgIpc) is 2.85. The van der Waals surface area contributed by atoms with Crippen LogP contribution in [-0.4, -0.2) is 19.1 Å². The maximum atomic E-state index is 5.97. The SMILES string of the molecule is Cn1ccnc1Cn1c(=S)[nH]c2cc(Cl)ccc21. The van der Waals surface area contributed by atoms with E-state index in [1.54, 1.807) is 6.20 Å². The summed E-state index contributed by atoms with van der Waals surface area (Å²) in [6.45, 7) is 0.643. The van der Waals surface area contributed by atoms with E-state index in [0.717, 1.165) is 16.9 Å². The Bertz CT molecular complexity index is 768. The molecule has 0 spiro atoms. The quantitative estimate of drug-likeness (QED) is 0.732. The van der Waals surface area contributed by atoms with Gasteiger partial charge in [0.05, 0.1) is 17.6 Å². The molecule has 0 aliphatic rings. The van der Waals surface area contributed by atoms with Gasteiger partial charge in [-0.25, -0.2) is 4.98 Å². The summed E-state index contributed by atoms with van der Waals surface area (Å²) in [7, 11) is 1.97. The molecular formula is C12H11ClN4S. The Balaban J connectivity index is 2.15. The molecule has 0 saturated heterocycles. The lowest BCUT2D eigenvalue weighted by molar-refractivity contribution is 0.707. The van der Waals surface area contributed by atoms with Gasteiger partial charge >= 0.3 is 0 Å². The van der Waals surface area contributed by atoms with E-state index in [-0.39, 0.29) is 0 Å². The van der Waals surface area contributed by atoms with Crippen molar-refractivity contribution in [3.63, 3.8) is 0 Å². The summed E-state index contributed by atoms with van der Waals surface area (Å²) in [5.41, 5.74) is 1.98. The lowest BCUT2D eigenvalue weighted by atomic mass is 10.3. The van der Waals surface area contributed by atoms with Crippen molar-refractivity contribution in [3.8, 4) is 0 Å². The number of hydrogen-bond donors (Lipinski definition) is 1. The highest BCUT2D eigenvalue weighted by Crippen LogP contribution is 2.19. The standard InChI is InChI=1S/C12H11ClN4S/c1-16-5-4-14-11(16)7-17-10-3-2-8(13)6-9(10)15-12(17)18/h2-6H,7H2,1H3,(H,15,18). The summed E-state index contributed by atoms with van der Waals surface area (Å²) < 4.78 is 4.68. The van der Waals surface area contributed by atoms with Crippen molar-refractivity contribution < 1.29 is 0 Å². The zero-order chi connectivity index (χ0) is 12.7. The number of halogens is 1. The van der Waals surface area contributed by atoms with E-state index in [1.165, 1.54) is 0 Å². The third-order valence-electron chi connectivity index (χ3n) is 2.96. The van der Waals surface area contributed by atoms with Crippen LogP contribution in [0.3, 0.4) is 0 Å². The van der Waals surface area contributed by atoms with Crippen LogP contribution >= 0.6 is 23.8 Å². The number of nitrogens with zero attached hydrogens (tertiary/aromatic N) is 3. The number of imidazole rings is 2. The van der Waals surface area contributed by atoms with Crippen LogP contribution in [-0.2, 0) is 13.6 Å². The first-order valence-corrected chi connectivity index (χ1v) is 6.28. The number of rotatable bonds is 2. The lowest BCUT2D eigenvalue weighted by Crippen LogP contribution is -2.05. The Labute approximate surface area is 114 Å². The number of fused-ring (bicyclic) bond motifs is 1. The minimum Gasteiger partial charge on any atom is -0.337 e. The third-order valence-corrected chi connectivity index (χ3v) is 3.51. The molecule has 2 heterocycles. The predicted octanol–water partition coefficient (Wildman–Crippen LogP) is 3.13. The van der Waals surface area contributed by atoms with Crippen LogP contribution in [0.25, 0.3) is 11.0 Å². The number of aryl methyl sites for hydroxylation is 1. The van der Waals surface area contributed by atoms with E-state index in [2.05, 4.69) is 9.97 Å². The molecule has 92 valence electrons. The lowest BCUT2D eigenvalue weighted by Gasteiger charge is -2.04. The molecule has 0 fully saturated rings. The van der Waals surface area contributed by atoms with Crippen molar-refractivity contribution in [2.75, 3.05) is 0 Å². The Morgan fingerprint density at radius 1 is 1.44 bits per heavy atom. The highest BCUT2D eigenvalue weighted by molar-refractivity contribution is 7.71. The summed E-state index contributed by atoms with van der Waals surface area (Å²) in [5.74, 6) is 0.960. The first-order chi connectivity index (χ1) is 8.65. The first kappa shape index (κ1) is 11.5. The number of aromatic amines is 1. The van der Waals surface area contributed by atoms with E-state index in [0.29, 0.717) is 16.3 Å². The second kappa shape index (κ2) is 4.26. The smallest absolute Gasteiger partial charge is 0.178 e. The van der Waals surface area contributed by atoms with Crippen LogP contribution < -0.4 is 0 Å². The molecule has 4 nitrogen and oxygen atoms in total. The molecular weight excluding hydrogens is 268 g/mol. The maximum absolute atomic E-state index is 5.97. The van der Waals surface area contributed by atoms with E-state index < -0.39 is 0 Å². The van der Waals surface area contributed by atoms with Gasteiger partial charge in [-0.1, -0.05) is 11.6 Å². The van der Waals surface area contributed by atoms with Gasteiger partial charge in [-0.2, -0.15) is 0 Å². The third kappa shape index (κ3) is 1.85. The summed E-state index contributed by atoms with van der Waals surface area (Å²) in [4.78, 5) is 7.47. The molecule has 0 atom stereocenters. The minimum atomic E-state index is 0.643. The Morgan fingerprint density at radius 2 is 2.28 bits per heavy atom. The molecule has 0 radical (unpaired) electrons. The molecule has 0 unspecified atom stereocenters. The molecule has 0 saturated carbocycles. The minimum absolute atomic E-state index is 0.643. The number of hydrogen-bond acceptors (Lipinski definition) is 2. The summed E-state index contributed by atoms with van der Waals surface area (Å²) in [5, 5.41) is 0.697. The van der Waals surface area contributed by atoms with Crippen LogP contribution in [0.2, 0.25) is 5.02 Å². The second-order valence-corrected chi connectivity index (χ2v) is 4.96.